The fourth-order valence-corrected chi connectivity index (χ4v) is 1.88. The Balaban J connectivity index is 2.44. The van der Waals surface area contributed by atoms with Crippen LogP contribution in [0.3, 0.4) is 0 Å². The molecular formula is C17H21N3O. The molecule has 0 saturated carbocycles. The molecule has 1 heterocycles. The third-order valence-electron chi connectivity index (χ3n) is 3.35. The molecule has 0 bridgehead atoms. The number of benzene rings is 1. The second kappa shape index (κ2) is 6.06. The van der Waals surface area contributed by atoms with E-state index in [0.29, 0.717) is 11.4 Å². The van der Waals surface area contributed by atoms with Crippen molar-refractivity contribution in [3.05, 3.63) is 60.3 Å². The van der Waals surface area contributed by atoms with Crippen molar-refractivity contribution in [1.82, 2.24) is 9.99 Å². The van der Waals surface area contributed by atoms with Crippen molar-refractivity contribution >= 4 is 11.7 Å². The number of hydrogen-bond acceptors (Lipinski definition) is 3. The summed E-state index contributed by atoms with van der Waals surface area (Å²) in [5.41, 5.74) is 0.432. The Morgan fingerprint density at radius 1 is 1.00 bits per heavy atom. The van der Waals surface area contributed by atoms with Crippen molar-refractivity contribution < 1.29 is 4.79 Å². The van der Waals surface area contributed by atoms with Crippen molar-refractivity contribution in [1.29, 1.82) is 0 Å². The highest BCUT2D eigenvalue weighted by Crippen LogP contribution is 2.22. The van der Waals surface area contributed by atoms with E-state index in [-0.39, 0.29) is 11.4 Å². The molecule has 4 heteroatoms. The topological polar surface area (TPSA) is 36.4 Å². The highest BCUT2D eigenvalue weighted by Gasteiger charge is 2.30. The molecular weight excluding hydrogens is 262 g/mol. The van der Waals surface area contributed by atoms with E-state index < -0.39 is 0 Å². The summed E-state index contributed by atoms with van der Waals surface area (Å²) >= 11 is 0. The minimum Gasteiger partial charge on any atom is -0.267 e. The monoisotopic (exact) mass is 283 g/mol. The molecule has 2 aromatic rings. The minimum atomic E-state index is -0.206. The molecule has 0 atom stereocenters. The van der Waals surface area contributed by atoms with Crippen LogP contribution in [-0.2, 0) is 0 Å². The quantitative estimate of drug-likeness (QED) is 0.810. The van der Waals surface area contributed by atoms with Crippen LogP contribution in [0.25, 0.3) is 0 Å². The standard InChI is InChI=1S/C17H21N3O/c1-17(2,3)19(4)20(15-12-8-9-13-18-15)16(21)14-10-6-5-7-11-14/h5-13H,1-4H3. The van der Waals surface area contributed by atoms with Gasteiger partial charge in [0.1, 0.15) is 0 Å². The molecule has 2 rings (SSSR count). The van der Waals surface area contributed by atoms with E-state index >= 15 is 0 Å². The van der Waals surface area contributed by atoms with Gasteiger partial charge in [0, 0.05) is 24.3 Å². The average molecular weight is 283 g/mol. The maximum Gasteiger partial charge on any atom is 0.274 e. The molecule has 0 aliphatic rings. The number of nitrogens with zero attached hydrogens (tertiary/aromatic N) is 3. The molecule has 0 fully saturated rings. The lowest BCUT2D eigenvalue weighted by Gasteiger charge is -2.40. The fourth-order valence-electron chi connectivity index (χ4n) is 1.88. The van der Waals surface area contributed by atoms with E-state index in [1.807, 2.05) is 60.6 Å². The van der Waals surface area contributed by atoms with E-state index in [0.717, 1.165) is 0 Å². The van der Waals surface area contributed by atoms with Crippen LogP contribution >= 0.6 is 0 Å². The third-order valence-corrected chi connectivity index (χ3v) is 3.35. The average Bonchev–Trinajstić information content (AvgIpc) is 2.48. The van der Waals surface area contributed by atoms with Gasteiger partial charge in [-0.3, -0.25) is 4.79 Å². The lowest BCUT2D eigenvalue weighted by Crippen LogP contribution is -2.53. The van der Waals surface area contributed by atoms with Crippen molar-refractivity contribution in [3.8, 4) is 0 Å². The van der Waals surface area contributed by atoms with Gasteiger partial charge in [0.2, 0.25) is 0 Å². The number of hydrazine groups is 1. The van der Waals surface area contributed by atoms with Gasteiger partial charge in [-0.15, -0.1) is 0 Å². The first kappa shape index (κ1) is 15.2. The van der Waals surface area contributed by atoms with Crippen LogP contribution in [0.2, 0.25) is 0 Å². The second-order valence-electron chi connectivity index (χ2n) is 5.87. The van der Waals surface area contributed by atoms with Crippen LogP contribution in [-0.4, -0.2) is 28.5 Å². The first-order valence-corrected chi connectivity index (χ1v) is 6.95. The van der Waals surface area contributed by atoms with Crippen LogP contribution in [0.15, 0.2) is 54.7 Å². The molecule has 1 amide bonds. The zero-order chi connectivity index (χ0) is 15.5. The summed E-state index contributed by atoms with van der Waals surface area (Å²) < 4.78 is 0. The van der Waals surface area contributed by atoms with Crippen molar-refractivity contribution in [2.45, 2.75) is 26.3 Å². The molecule has 0 spiro atoms. The summed E-state index contributed by atoms with van der Waals surface area (Å²) in [4.78, 5) is 17.2. The predicted molar refractivity (Wildman–Crippen MR) is 85.0 cm³/mol. The Morgan fingerprint density at radius 2 is 1.62 bits per heavy atom. The molecule has 4 nitrogen and oxygen atoms in total. The number of carbonyl (C=O) groups excluding carboxylic acids is 1. The van der Waals surface area contributed by atoms with Gasteiger partial charge in [-0.1, -0.05) is 24.3 Å². The highest BCUT2D eigenvalue weighted by molar-refractivity contribution is 6.04. The Labute approximate surface area is 126 Å². The summed E-state index contributed by atoms with van der Waals surface area (Å²) in [7, 11) is 1.90. The van der Waals surface area contributed by atoms with E-state index in [4.69, 9.17) is 0 Å². The van der Waals surface area contributed by atoms with Gasteiger partial charge in [-0.05, 0) is 45.0 Å². The largest absolute Gasteiger partial charge is 0.274 e. The van der Waals surface area contributed by atoms with Crippen LogP contribution in [0.1, 0.15) is 31.1 Å². The molecule has 0 aliphatic heterocycles. The molecule has 0 unspecified atom stereocenters. The van der Waals surface area contributed by atoms with Gasteiger partial charge < -0.3 is 0 Å². The van der Waals surface area contributed by atoms with Gasteiger partial charge in [0.25, 0.3) is 5.91 Å². The Hall–Kier alpha value is -2.20. The normalized spacial score (nSPS) is 11.5. The van der Waals surface area contributed by atoms with Crippen LogP contribution < -0.4 is 5.01 Å². The van der Waals surface area contributed by atoms with Crippen molar-refractivity contribution in [2.75, 3.05) is 12.1 Å². The molecule has 0 aliphatic carbocycles. The van der Waals surface area contributed by atoms with E-state index in [2.05, 4.69) is 25.8 Å². The summed E-state index contributed by atoms with van der Waals surface area (Å²) in [5, 5.41) is 3.53. The minimum absolute atomic E-state index is 0.0910. The predicted octanol–water partition coefficient (Wildman–Crippen LogP) is 3.37. The molecule has 1 aromatic heterocycles. The number of amides is 1. The SMILES string of the molecule is CN(N(C(=O)c1ccccc1)c1ccccn1)C(C)(C)C. The summed E-state index contributed by atoms with van der Waals surface area (Å²) in [5.74, 6) is 0.524. The van der Waals surface area contributed by atoms with Crippen LogP contribution in [0.4, 0.5) is 5.82 Å². The summed E-state index contributed by atoms with van der Waals surface area (Å²) in [6.45, 7) is 6.17. The fraction of sp³-hybridized carbons (Fsp3) is 0.294. The third kappa shape index (κ3) is 3.47. The van der Waals surface area contributed by atoms with Crippen molar-refractivity contribution in [2.24, 2.45) is 0 Å². The van der Waals surface area contributed by atoms with Crippen molar-refractivity contribution in [3.63, 3.8) is 0 Å². The van der Waals surface area contributed by atoms with Gasteiger partial charge in [-0.25, -0.2) is 15.0 Å². The number of rotatable bonds is 3. The highest BCUT2D eigenvalue weighted by atomic mass is 16.2. The number of aromatic nitrogens is 1. The Bertz CT molecular complexity index is 590. The molecule has 110 valence electrons. The number of hydrogen-bond donors (Lipinski definition) is 0. The van der Waals surface area contributed by atoms with E-state index in [1.165, 1.54) is 0 Å². The van der Waals surface area contributed by atoms with Gasteiger partial charge in [0.15, 0.2) is 5.82 Å². The van der Waals surface area contributed by atoms with Gasteiger partial charge in [0.05, 0.1) is 0 Å². The van der Waals surface area contributed by atoms with Gasteiger partial charge in [-0.2, -0.15) is 0 Å². The maximum absolute atomic E-state index is 12.9. The zero-order valence-electron chi connectivity index (χ0n) is 12.9. The van der Waals surface area contributed by atoms with Crippen LogP contribution in [0, 0.1) is 0 Å². The zero-order valence-corrected chi connectivity index (χ0v) is 12.9. The Morgan fingerprint density at radius 3 is 2.14 bits per heavy atom. The number of pyridine rings is 1. The smallest absolute Gasteiger partial charge is 0.267 e. The molecule has 0 saturated heterocycles. The van der Waals surface area contributed by atoms with E-state index in [1.54, 1.807) is 11.2 Å². The van der Waals surface area contributed by atoms with Crippen LogP contribution in [0.5, 0.6) is 0 Å². The first-order chi connectivity index (χ1) is 9.91. The first-order valence-electron chi connectivity index (χ1n) is 6.95. The van der Waals surface area contributed by atoms with Gasteiger partial charge >= 0.3 is 0 Å². The number of anilines is 1. The molecule has 21 heavy (non-hydrogen) atoms. The lowest BCUT2D eigenvalue weighted by molar-refractivity contribution is 0.0811. The molecule has 1 aromatic carbocycles. The number of carbonyl (C=O) groups is 1. The lowest BCUT2D eigenvalue weighted by atomic mass is 10.1. The molecule has 0 N–H and O–H groups in total. The summed E-state index contributed by atoms with van der Waals surface area (Å²) in [6, 6.07) is 14.8. The summed E-state index contributed by atoms with van der Waals surface area (Å²) in [6.07, 6.45) is 1.69. The Kier molecular flexibility index (Phi) is 4.38. The van der Waals surface area contributed by atoms with E-state index in [9.17, 15) is 4.79 Å². The second-order valence-corrected chi connectivity index (χ2v) is 5.87. The molecule has 0 radical (unpaired) electrons. The maximum atomic E-state index is 12.9.